The van der Waals surface area contributed by atoms with E-state index in [1.54, 1.807) is 6.20 Å². The van der Waals surface area contributed by atoms with Crippen molar-refractivity contribution < 1.29 is 13.5 Å². The molecule has 36 heavy (non-hydrogen) atoms. The van der Waals surface area contributed by atoms with Crippen molar-refractivity contribution in [3.63, 3.8) is 0 Å². The molecular formula is C30H35F2N3O. The maximum absolute atomic E-state index is 16.3. The number of fused-ring (bicyclic) bond motifs is 2. The van der Waals surface area contributed by atoms with Gasteiger partial charge < -0.3 is 4.74 Å². The highest BCUT2D eigenvalue weighted by atomic mass is 19.1. The molecule has 2 saturated heterocycles. The minimum absolute atomic E-state index is 0.139. The summed E-state index contributed by atoms with van der Waals surface area (Å²) in [6, 6.07) is 6.15. The molecule has 0 radical (unpaired) electrons. The quantitative estimate of drug-likeness (QED) is 0.381. The molecule has 2 aliphatic rings. The Morgan fingerprint density at radius 1 is 1.17 bits per heavy atom. The molecule has 2 fully saturated rings. The summed E-state index contributed by atoms with van der Waals surface area (Å²) in [5.74, 6) is -0.367. The summed E-state index contributed by atoms with van der Waals surface area (Å²) in [7, 11) is 0. The molecule has 6 heteroatoms. The zero-order chi connectivity index (χ0) is 25.8. The van der Waals surface area contributed by atoms with Crippen LogP contribution in [0.3, 0.4) is 0 Å². The molecule has 2 aliphatic heterocycles. The van der Waals surface area contributed by atoms with Gasteiger partial charge in [-0.25, -0.2) is 13.8 Å². The van der Waals surface area contributed by atoms with Crippen molar-refractivity contribution >= 4 is 16.5 Å². The van der Waals surface area contributed by atoms with Crippen LogP contribution in [0.4, 0.5) is 8.78 Å². The van der Waals surface area contributed by atoms with Crippen LogP contribution >= 0.6 is 0 Å². The Bertz CT molecular complexity index is 1380. The fourth-order valence-electron chi connectivity index (χ4n) is 6.06. The third kappa shape index (κ3) is 4.09. The Kier molecular flexibility index (Phi) is 6.36. The molecule has 0 bridgehead atoms. The summed E-state index contributed by atoms with van der Waals surface area (Å²) in [5.41, 5.74) is 7.96. The molecule has 5 rings (SSSR count). The van der Waals surface area contributed by atoms with Gasteiger partial charge in [0.1, 0.15) is 18.3 Å². The predicted molar refractivity (Wildman–Crippen MR) is 142 cm³/mol. The highest BCUT2D eigenvalue weighted by molar-refractivity contribution is 5.91. The second-order valence-electron chi connectivity index (χ2n) is 10.9. The Morgan fingerprint density at radius 3 is 2.69 bits per heavy atom. The maximum atomic E-state index is 16.3. The molecule has 0 spiro atoms. The van der Waals surface area contributed by atoms with E-state index in [4.69, 9.17) is 4.74 Å². The van der Waals surface area contributed by atoms with Crippen LogP contribution in [0.1, 0.15) is 62.3 Å². The number of rotatable bonds is 5. The van der Waals surface area contributed by atoms with Gasteiger partial charge in [0.15, 0.2) is 5.82 Å². The van der Waals surface area contributed by atoms with Crippen molar-refractivity contribution in [2.75, 3.05) is 19.7 Å². The highest BCUT2D eigenvalue weighted by Crippen LogP contribution is 2.41. The fraction of sp³-hybridized carbons (Fsp3) is 0.467. The number of halogens is 2. The largest absolute Gasteiger partial charge is 0.461 e. The molecule has 3 aromatic rings. The van der Waals surface area contributed by atoms with Crippen molar-refractivity contribution in [1.29, 1.82) is 0 Å². The average molecular weight is 492 g/mol. The summed E-state index contributed by atoms with van der Waals surface area (Å²) in [5, 5.41) is 0.635. The van der Waals surface area contributed by atoms with Gasteiger partial charge in [0.05, 0.1) is 5.54 Å². The Balaban J connectivity index is 1.57. The normalized spacial score (nSPS) is 21.7. The van der Waals surface area contributed by atoms with Gasteiger partial charge in [-0.15, -0.1) is 0 Å². The molecule has 2 atom stereocenters. The van der Waals surface area contributed by atoms with Gasteiger partial charge in [-0.05, 0) is 100 Å². The van der Waals surface area contributed by atoms with Gasteiger partial charge in [-0.3, -0.25) is 4.90 Å². The Hall–Kier alpha value is -2.86. The molecule has 0 saturated carbocycles. The first-order valence-corrected chi connectivity index (χ1v) is 12.8. The molecule has 0 N–H and O–H groups in total. The smallest absolute Gasteiger partial charge is 0.317 e. The SMILES string of the molecule is CC(C)=C(C)c1c(-c2c(C)cc3cnc(OC[C@@]45CCCN4C[C@H](F)C5)nc3c2F)ccc(C)c1C. The lowest BCUT2D eigenvalue weighted by Crippen LogP contribution is -2.43. The summed E-state index contributed by atoms with van der Waals surface area (Å²) >= 11 is 0. The molecule has 0 unspecified atom stereocenters. The molecule has 4 nitrogen and oxygen atoms in total. The van der Waals surface area contributed by atoms with Gasteiger partial charge >= 0.3 is 6.01 Å². The number of aryl methyl sites for hydroxylation is 2. The van der Waals surface area contributed by atoms with E-state index < -0.39 is 6.17 Å². The van der Waals surface area contributed by atoms with Crippen molar-refractivity contribution in [3.05, 3.63) is 58.0 Å². The maximum Gasteiger partial charge on any atom is 0.317 e. The van der Waals surface area contributed by atoms with Crippen LogP contribution in [0, 0.1) is 26.6 Å². The van der Waals surface area contributed by atoms with E-state index in [1.807, 2.05) is 19.1 Å². The minimum Gasteiger partial charge on any atom is -0.461 e. The van der Waals surface area contributed by atoms with Gasteiger partial charge in [0.2, 0.25) is 0 Å². The number of alkyl halides is 1. The van der Waals surface area contributed by atoms with E-state index in [9.17, 15) is 4.39 Å². The summed E-state index contributed by atoms with van der Waals surface area (Å²) in [4.78, 5) is 11.1. The summed E-state index contributed by atoms with van der Waals surface area (Å²) < 4.78 is 36.4. The lowest BCUT2D eigenvalue weighted by atomic mass is 9.85. The fourth-order valence-corrected chi connectivity index (χ4v) is 6.06. The lowest BCUT2D eigenvalue weighted by molar-refractivity contribution is 0.107. The number of ether oxygens (including phenoxy) is 1. The van der Waals surface area contributed by atoms with E-state index in [2.05, 4.69) is 55.6 Å². The lowest BCUT2D eigenvalue weighted by Gasteiger charge is -2.30. The van der Waals surface area contributed by atoms with Gasteiger partial charge in [0, 0.05) is 30.1 Å². The van der Waals surface area contributed by atoms with E-state index >= 15 is 4.39 Å². The first-order valence-electron chi connectivity index (χ1n) is 12.8. The minimum atomic E-state index is -0.828. The molecule has 0 aliphatic carbocycles. The van der Waals surface area contributed by atoms with Crippen LogP contribution in [0.2, 0.25) is 0 Å². The van der Waals surface area contributed by atoms with Crippen molar-refractivity contribution in [2.45, 2.75) is 72.5 Å². The van der Waals surface area contributed by atoms with Crippen molar-refractivity contribution in [3.8, 4) is 17.1 Å². The second kappa shape index (κ2) is 9.22. The highest BCUT2D eigenvalue weighted by Gasteiger charge is 2.49. The summed E-state index contributed by atoms with van der Waals surface area (Å²) in [6.45, 7) is 14.1. The number of aromatic nitrogens is 2. The Labute approximate surface area is 212 Å². The van der Waals surface area contributed by atoms with Crippen LogP contribution in [0.5, 0.6) is 6.01 Å². The molecule has 2 aromatic carbocycles. The van der Waals surface area contributed by atoms with Gasteiger partial charge in [-0.1, -0.05) is 17.7 Å². The first-order chi connectivity index (χ1) is 17.1. The average Bonchev–Trinajstić information content (AvgIpc) is 3.35. The van der Waals surface area contributed by atoms with Crippen LogP contribution in [0.25, 0.3) is 27.6 Å². The number of allylic oxidation sites excluding steroid dienone is 2. The van der Waals surface area contributed by atoms with Gasteiger partial charge in [0.25, 0.3) is 0 Å². The topological polar surface area (TPSA) is 38.2 Å². The van der Waals surface area contributed by atoms with Crippen LogP contribution in [-0.2, 0) is 0 Å². The third-order valence-corrected chi connectivity index (χ3v) is 8.35. The molecule has 190 valence electrons. The predicted octanol–water partition coefficient (Wildman–Crippen LogP) is 7.13. The monoisotopic (exact) mass is 491 g/mol. The zero-order valence-corrected chi connectivity index (χ0v) is 22.1. The zero-order valence-electron chi connectivity index (χ0n) is 22.1. The molecule has 1 aromatic heterocycles. The molecular weight excluding hydrogens is 456 g/mol. The second-order valence-corrected chi connectivity index (χ2v) is 10.9. The van der Waals surface area contributed by atoms with E-state index in [0.717, 1.165) is 47.2 Å². The molecule has 0 amide bonds. The number of benzene rings is 2. The number of hydrogen-bond donors (Lipinski definition) is 0. The van der Waals surface area contributed by atoms with Crippen LogP contribution in [0.15, 0.2) is 30.0 Å². The van der Waals surface area contributed by atoms with Crippen molar-refractivity contribution in [1.82, 2.24) is 14.9 Å². The van der Waals surface area contributed by atoms with Crippen LogP contribution < -0.4 is 4.74 Å². The van der Waals surface area contributed by atoms with Gasteiger partial charge in [-0.2, -0.15) is 4.98 Å². The van der Waals surface area contributed by atoms with Crippen LogP contribution in [-0.4, -0.2) is 46.3 Å². The van der Waals surface area contributed by atoms with E-state index in [0.29, 0.717) is 30.5 Å². The van der Waals surface area contributed by atoms with Crippen molar-refractivity contribution in [2.24, 2.45) is 0 Å². The van der Waals surface area contributed by atoms with E-state index in [1.165, 1.54) is 11.1 Å². The van der Waals surface area contributed by atoms with E-state index in [-0.39, 0.29) is 22.9 Å². The standard InChI is InChI=1S/C30H35F2N3O/c1-17(2)20(5)26-21(6)18(3)8-9-24(26)25-19(4)12-22-14-33-29(34-28(22)27(25)32)36-16-30-10-7-11-35(30)15-23(31)13-30/h8-9,12,14,23H,7,10-11,13,15-16H2,1-6H3/t23-,30+/m1/s1. The molecule has 3 heterocycles. The number of nitrogens with zero attached hydrogens (tertiary/aromatic N) is 3. The third-order valence-electron chi connectivity index (χ3n) is 8.35. The summed E-state index contributed by atoms with van der Waals surface area (Å²) in [6.07, 6.45) is 3.20. The number of hydrogen-bond acceptors (Lipinski definition) is 4. The first kappa shape index (κ1) is 24.8. The Morgan fingerprint density at radius 2 is 1.94 bits per heavy atom.